The van der Waals surface area contributed by atoms with Crippen molar-refractivity contribution >= 4 is 33.3 Å². The molecule has 29 heavy (non-hydrogen) atoms. The predicted molar refractivity (Wildman–Crippen MR) is 102 cm³/mol. The van der Waals surface area contributed by atoms with Crippen molar-refractivity contribution in [2.24, 2.45) is 0 Å². The number of rotatable bonds is 6. The normalized spacial score (nSPS) is 11.3. The van der Waals surface area contributed by atoms with Gasteiger partial charge < -0.3 is 9.26 Å². The van der Waals surface area contributed by atoms with Gasteiger partial charge in [-0.2, -0.15) is 4.98 Å². The van der Waals surface area contributed by atoms with Crippen molar-refractivity contribution < 1.29 is 26.9 Å². The minimum Gasteiger partial charge on any atom is -0.452 e. The molecule has 0 bridgehead atoms. The van der Waals surface area contributed by atoms with Gasteiger partial charge in [0.25, 0.3) is 15.9 Å². The number of hydrogen-bond acceptors (Lipinski definition) is 7. The average molecular weight is 440 g/mol. The van der Waals surface area contributed by atoms with E-state index in [4.69, 9.17) is 20.9 Å². The van der Waals surface area contributed by atoms with Gasteiger partial charge in [-0.25, -0.2) is 17.6 Å². The minimum absolute atomic E-state index is 0.0140. The van der Waals surface area contributed by atoms with Crippen molar-refractivity contribution in [2.75, 3.05) is 11.4 Å². The van der Waals surface area contributed by atoms with Crippen LogP contribution in [0.5, 0.6) is 0 Å². The molecule has 0 N–H and O–H groups in total. The molecule has 152 valence electrons. The number of anilines is 1. The van der Waals surface area contributed by atoms with Gasteiger partial charge in [0, 0.05) is 7.05 Å². The quantitative estimate of drug-likeness (QED) is 0.542. The molecule has 0 unspecified atom stereocenters. The molecule has 11 heteroatoms. The fourth-order valence-corrected chi connectivity index (χ4v) is 3.79. The highest BCUT2D eigenvalue weighted by molar-refractivity contribution is 7.92. The lowest BCUT2D eigenvalue weighted by molar-refractivity contribution is 0.0429. The van der Waals surface area contributed by atoms with Crippen LogP contribution in [-0.2, 0) is 21.4 Å². The standard InChI is InChI=1S/C18H15ClFN3O5S/c1-11-21-17(28-22-11)10-27-18(24)15-9-14(7-8-16(15)19)29(25,26)23(2)13-5-3-12(20)4-6-13/h3-9H,10H2,1-2H3. The third-order valence-electron chi connectivity index (χ3n) is 3.90. The monoisotopic (exact) mass is 439 g/mol. The maximum Gasteiger partial charge on any atom is 0.340 e. The second-order valence-electron chi connectivity index (χ2n) is 5.90. The summed E-state index contributed by atoms with van der Waals surface area (Å²) in [6.07, 6.45) is 0. The highest BCUT2D eigenvalue weighted by Gasteiger charge is 2.24. The number of esters is 1. The van der Waals surface area contributed by atoms with Gasteiger partial charge in [0.1, 0.15) is 5.82 Å². The molecule has 0 aliphatic carbocycles. The van der Waals surface area contributed by atoms with Crippen molar-refractivity contribution in [2.45, 2.75) is 18.4 Å². The largest absolute Gasteiger partial charge is 0.452 e. The lowest BCUT2D eigenvalue weighted by atomic mass is 10.2. The van der Waals surface area contributed by atoms with Crippen LogP contribution in [0.3, 0.4) is 0 Å². The zero-order valence-corrected chi connectivity index (χ0v) is 16.9. The summed E-state index contributed by atoms with van der Waals surface area (Å²) in [4.78, 5) is 16.1. The highest BCUT2D eigenvalue weighted by atomic mass is 35.5. The number of halogens is 2. The van der Waals surface area contributed by atoms with Crippen molar-refractivity contribution in [3.8, 4) is 0 Å². The summed E-state index contributed by atoms with van der Waals surface area (Å²) in [6.45, 7) is 1.32. The van der Waals surface area contributed by atoms with Gasteiger partial charge in [-0.1, -0.05) is 16.8 Å². The maximum absolute atomic E-state index is 13.1. The van der Waals surface area contributed by atoms with Gasteiger partial charge in [-0.15, -0.1) is 0 Å². The lowest BCUT2D eigenvalue weighted by Crippen LogP contribution is -2.26. The molecule has 1 aromatic heterocycles. The number of nitrogens with zero attached hydrogens (tertiary/aromatic N) is 3. The summed E-state index contributed by atoms with van der Waals surface area (Å²) < 4.78 is 49.8. The summed E-state index contributed by atoms with van der Waals surface area (Å²) in [5.41, 5.74) is 0.105. The summed E-state index contributed by atoms with van der Waals surface area (Å²) in [5.74, 6) is -0.877. The average Bonchev–Trinajstić information content (AvgIpc) is 3.11. The number of aromatic nitrogens is 2. The van der Waals surface area contributed by atoms with Crippen LogP contribution in [0, 0.1) is 12.7 Å². The van der Waals surface area contributed by atoms with Gasteiger partial charge >= 0.3 is 5.97 Å². The number of ether oxygens (including phenoxy) is 1. The third-order valence-corrected chi connectivity index (χ3v) is 6.01. The van der Waals surface area contributed by atoms with Crippen LogP contribution < -0.4 is 4.31 Å². The Morgan fingerprint density at radius 2 is 1.93 bits per heavy atom. The van der Waals surface area contributed by atoms with Crippen molar-refractivity contribution in [3.63, 3.8) is 0 Å². The van der Waals surface area contributed by atoms with E-state index in [1.54, 1.807) is 6.92 Å². The first-order chi connectivity index (χ1) is 13.7. The Bertz CT molecular complexity index is 1150. The van der Waals surface area contributed by atoms with E-state index < -0.39 is 21.8 Å². The van der Waals surface area contributed by atoms with Crippen molar-refractivity contribution in [1.29, 1.82) is 0 Å². The Hall–Kier alpha value is -2.98. The second-order valence-corrected chi connectivity index (χ2v) is 8.28. The molecular weight excluding hydrogens is 425 g/mol. The van der Waals surface area contributed by atoms with E-state index in [1.165, 1.54) is 31.3 Å². The zero-order chi connectivity index (χ0) is 21.2. The molecule has 3 rings (SSSR count). The van der Waals surface area contributed by atoms with E-state index in [0.717, 1.165) is 22.5 Å². The van der Waals surface area contributed by atoms with Gasteiger partial charge in [-0.3, -0.25) is 4.31 Å². The molecule has 8 nitrogen and oxygen atoms in total. The van der Waals surface area contributed by atoms with E-state index in [9.17, 15) is 17.6 Å². The molecule has 0 atom stereocenters. The van der Waals surface area contributed by atoms with Crippen LogP contribution in [0.25, 0.3) is 0 Å². The fraction of sp³-hybridized carbons (Fsp3) is 0.167. The number of benzene rings is 2. The molecule has 0 fully saturated rings. The van der Waals surface area contributed by atoms with Gasteiger partial charge in [-0.05, 0) is 49.4 Å². The first-order valence-corrected chi connectivity index (χ1v) is 10.0. The van der Waals surface area contributed by atoms with Gasteiger partial charge in [0.05, 0.1) is 21.2 Å². The SMILES string of the molecule is Cc1noc(COC(=O)c2cc(S(=O)(=O)N(C)c3ccc(F)cc3)ccc2Cl)n1. The number of sulfonamides is 1. The van der Waals surface area contributed by atoms with Crippen LogP contribution in [0.2, 0.25) is 5.02 Å². The summed E-state index contributed by atoms with van der Waals surface area (Å²) in [5, 5.41) is 3.59. The molecule has 0 radical (unpaired) electrons. The van der Waals surface area contributed by atoms with Crippen LogP contribution in [0.1, 0.15) is 22.1 Å². The lowest BCUT2D eigenvalue weighted by Gasteiger charge is -2.20. The third kappa shape index (κ3) is 4.54. The Labute approximate surface area is 170 Å². The molecule has 0 spiro atoms. The minimum atomic E-state index is -4.04. The molecule has 0 aliphatic heterocycles. The van der Waals surface area contributed by atoms with Gasteiger partial charge in [0.2, 0.25) is 0 Å². The smallest absolute Gasteiger partial charge is 0.340 e. The first kappa shape index (κ1) is 20.7. The molecule has 0 amide bonds. The Morgan fingerprint density at radius 3 is 2.55 bits per heavy atom. The molecule has 2 aromatic carbocycles. The topological polar surface area (TPSA) is 103 Å². The number of hydrogen-bond donors (Lipinski definition) is 0. The van der Waals surface area contributed by atoms with Crippen LogP contribution in [-0.4, -0.2) is 31.6 Å². The van der Waals surface area contributed by atoms with Crippen LogP contribution in [0.15, 0.2) is 51.9 Å². The first-order valence-electron chi connectivity index (χ1n) is 8.19. The maximum atomic E-state index is 13.1. The molecule has 0 aliphatic rings. The van der Waals surface area contributed by atoms with Gasteiger partial charge in [0.15, 0.2) is 12.4 Å². The second kappa shape index (κ2) is 8.18. The number of aryl methyl sites for hydroxylation is 1. The Kier molecular flexibility index (Phi) is 5.85. The molecule has 0 saturated carbocycles. The summed E-state index contributed by atoms with van der Waals surface area (Å²) in [6, 6.07) is 8.58. The van der Waals surface area contributed by atoms with E-state index in [1.807, 2.05) is 0 Å². The Morgan fingerprint density at radius 1 is 1.24 bits per heavy atom. The van der Waals surface area contributed by atoms with Crippen LogP contribution >= 0.6 is 11.6 Å². The zero-order valence-electron chi connectivity index (χ0n) is 15.3. The number of carbonyl (C=O) groups is 1. The van der Waals surface area contributed by atoms with E-state index >= 15 is 0 Å². The Balaban J connectivity index is 1.85. The molecule has 0 saturated heterocycles. The predicted octanol–water partition coefficient (Wildman–Crippen LogP) is 3.35. The molecular formula is C18H15ClFN3O5S. The summed E-state index contributed by atoms with van der Waals surface area (Å²) >= 11 is 6.04. The van der Waals surface area contributed by atoms with Crippen molar-refractivity contribution in [3.05, 3.63) is 70.6 Å². The highest BCUT2D eigenvalue weighted by Crippen LogP contribution is 2.26. The van der Waals surface area contributed by atoms with E-state index in [2.05, 4.69) is 10.1 Å². The summed E-state index contributed by atoms with van der Waals surface area (Å²) in [7, 11) is -2.73. The molecule has 1 heterocycles. The van der Waals surface area contributed by atoms with Crippen LogP contribution in [0.4, 0.5) is 10.1 Å². The number of carbonyl (C=O) groups excluding carboxylic acids is 1. The van der Waals surface area contributed by atoms with E-state index in [0.29, 0.717) is 5.82 Å². The van der Waals surface area contributed by atoms with Crippen molar-refractivity contribution in [1.82, 2.24) is 10.1 Å². The molecule has 3 aromatic rings. The fourth-order valence-electron chi connectivity index (χ4n) is 2.37. The van der Waals surface area contributed by atoms with E-state index in [-0.39, 0.29) is 33.7 Å².